The molecule has 10 heteroatoms. The molecule has 0 saturated heterocycles. The Hall–Kier alpha value is -5.38. The maximum absolute atomic E-state index is 14.2. The summed E-state index contributed by atoms with van der Waals surface area (Å²) in [6.07, 6.45) is 5.12. The largest absolute Gasteiger partial charge is 0.381 e. The number of aromatic nitrogens is 6. The van der Waals surface area contributed by atoms with Gasteiger partial charge in [0.05, 0.1) is 22.6 Å². The van der Waals surface area contributed by atoms with Gasteiger partial charge in [0.25, 0.3) is 11.5 Å². The molecule has 1 atom stereocenters. The van der Waals surface area contributed by atoms with Crippen LogP contribution in [0.15, 0.2) is 90.1 Å². The smallest absolute Gasteiger partial charge is 0.266 e. The molecule has 4 heterocycles. The summed E-state index contributed by atoms with van der Waals surface area (Å²) in [4.78, 5) is 41.5. The van der Waals surface area contributed by atoms with Crippen molar-refractivity contribution in [2.45, 2.75) is 32.7 Å². The lowest BCUT2D eigenvalue weighted by Crippen LogP contribution is -2.33. The Labute approximate surface area is 235 Å². The molecule has 0 aliphatic heterocycles. The van der Waals surface area contributed by atoms with E-state index < -0.39 is 11.9 Å². The summed E-state index contributed by atoms with van der Waals surface area (Å²) >= 11 is 0. The summed E-state index contributed by atoms with van der Waals surface area (Å²) in [6, 6.07) is 19.7. The Morgan fingerprint density at radius 3 is 2.41 bits per heavy atom. The Morgan fingerprint density at radius 1 is 0.927 bits per heavy atom. The average molecular weight is 545 g/mol. The highest BCUT2D eigenvalue weighted by Crippen LogP contribution is 2.28. The first-order valence-electron chi connectivity index (χ1n) is 13.3. The summed E-state index contributed by atoms with van der Waals surface area (Å²) < 4.78 is 3.04. The van der Waals surface area contributed by atoms with E-state index >= 15 is 0 Å². The van der Waals surface area contributed by atoms with E-state index in [4.69, 9.17) is 10.7 Å². The maximum Gasteiger partial charge on any atom is 0.266 e. The molecule has 6 aromatic rings. The molecule has 10 nitrogen and oxygen atoms in total. The van der Waals surface area contributed by atoms with Crippen molar-refractivity contribution in [2.75, 3.05) is 5.73 Å². The number of amides is 1. The van der Waals surface area contributed by atoms with Crippen molar-refractivity contribution >= 4 is 28.3 Å². The molecule has 1 amide bonds. The summed E-state index contributed by atoms with van der Waals surface area (Å²) in [7, 11) is 0. The molecule has 0 aliphatic carbocycles. The van der Waals surface area contributed by atoms with Crippen molar-refractivity contribution in [2.24, 2.45) is 0 Å². The van der Waals surface area contributed by atoms with Crippen molar-refractivity contribution in [3.63, 3.8) is 0 Å². The molecule has 4 aromatic heterocycles. The first-order valence-corrected chi connectivity index (χ1v) is 13.3. The zero-order valence-corrected chi connectivity index (χ0v) is 22.8. The number of nitrogen functional groups attached to an aromatic ring is 1. The van der Waals surface area contributed by atoms with Crippen LogP contribution in [0.25, 0.3) is 33.4 Å². The molecule has 0 saturated carbocycles. The minimum Gasteiger partial charge on any atom is -0.381 e. The normalized spacial score (nSPS) is 12.2. The minimum absolute atomic E-state index is 0.0667. The second-order valence-corrected chi connectivity index (χ2v) is 10.1. The molecule has 0 radical (unpaired) electrons. The molecule has 0 unspecified atom stereocenters. The number of hydrogen-bond acceptors (Lipinski definition) is 7. The van der Waals surface area contributed by atoms with Crippen molar-refractivity contribution in [1.82, 2.24) is 34.4 Å². The number of para-hydroxylation sites is 1. The van der Waals surface area contributed by atoms with E-state index in [1.807, 2.05) is 74.5 Å². The number of pyridine rings is 1. The van der Waals surface area contributed by atoms with Gasteiger partial charge >= 0.3 is 0 Å². The third kappa shape index (κ3) is 4.59. The molecular formula is C31H28N8O2. The van der Waals surface area contributed by atoms with Crippen LogP contribution in [0.2, 0.25) is 0 Å². The number of benzene rings is 2. The number of anilines is 1. The van der Waals surface area contributed by atoms with Gasteiger partial charge in [-0.1, -0.05) is 44.2 Å². The number of carbonyl (C=O) groups is 1. The maximum atomic E-state index is 14.2. The van der Waals surface area contributed by atoms with Crippen LogP contribution in [0.4, 0.5) is 5.82 Å². The highest BCUT2D eigenvalue weighted by atomic mass is 16.2. The monoisotopic (exact) mass is 544 g/mol. The SMILES string of the molecule is CC(C)c1ccn2nc(N)c(C(=O)N[C@@H](C)c3nc4cccc(-c5ccncc5)c4c(=O)n3-c3ccccc3)c2n1. The van der Waals surface area contributed by atoms with Gasteiger partial charge in [-0.15, -0.1) is 5.10 Å². The van der Waals surface area contributed by atoms with Gasteiger partial charge in [0.15, 0.2) is 11.5 Å². The van der Waals surface area contributed by atoms with Crippen LogP contribution in [0.1, 0.15) is 54.6 Å². The van der Waals surface area contributed by atoms with Crippen LogP contribution in [0.3, 0.4) is 0 Å². The van der Waals surface area contributed by atoms with Crippen LogP contribution in [-0.2, 0) is 0 Å². The predicted octanol–water partition coefficient (Wildman–Crippen LogP) is 4.69. The first-order chi connectivity index (χ1) is 19.8. The topological polar surface area (TPSA) is 133 Å². The lowest BCUT2D eigenvalue weighted by Gasteiger charge is -2.20. The van der Waals surface area contributed by atoms with Crippen molar-refractivity contribution in [1.29, 1.82) is 0 Å². The van der Waals surface area contributed by atoms with Crippen LogP contribution in [-0.4, -0.2) is 35.0 Å². The second kappa shape index (κ2) is 10.3. The first kappa shape index (κ1) is 25.9. The highest BCUT2D eigenvalue weighted by molar-refractivity contribution is 6.04. The van der Waals surface area contributed by atoms with Gasteiger partial charge in [0, 0.05) is 24.3 Å². The molecule has 6 rings (SSSR count). The predicted molar refractivity (Wildman–Crippen MR) is 158 cm³/mol. The van der Waals surface area contributed by atoms with Crippen molar-refractivity contribution < 1.29 is 4.79 Å². The van der Waals surface area contributed by atoms with Gasteiger partial charge in [0.2, 0.25) is 0 Å². The highest BCUT2D eigenvalue weighted by Gasteiger charge is 2.25. The fraction of sp³-hybridized carbons (Fsp3) is 0.161. The van der Waals surface area contributed by atoms with Gasteiger partial charge in [-0.25, -0.2) is 14.5 Å². The Balaban J connectivity index is 1.49. The number of nitrogens with two attached hydrogens (primary N) is 1. The summed E-state index contributed by atoms with van der Waals surface area (Å²) in [5.41, 5.74) is 10.1. The molecule has 0 spiro atoms. The Morgan fingerprint density at radius 2 is 1.68 bits per heavy atom. The fourth-order valence-corrected chi connectivity index (χ4v) is 4.97. The van der Waals surface area contributed by atoms with Crippen LogP contribution >= 0.6 is 0 Å². The molecular weight excluding hydrogens is 516 g/mol. The quantitative estimate of drug-likeness (QED) is 0.311. The number of hydrogen-bond donors (Lipinski definition) is 2. The zero-order chi connectivity index (χ0) is 28.7. The zero-order valence-electron chi connectivity index (χ0n) is 22.8. The number of carbonyl (C=O) groups excluding carboxylic acids is 1. The van der Waals surface area contributed by atoms with E-state index in [9.17, 15) is 9.59 Å². The van der Waals surface area contributed by atoms with E-state index in [2.05, 4.69) is 20.4 Å². The van der Waals surface area contributed by atoms with E-state index in [0.29, 0.717) is 28.1 Å². The standard InChI is InChI=1S/C31H28N8O2/c1-18(2)23-14-17-38-29(35-23)26(27(32)37-38)30(40)34-19(3)28-36-24-11-7-10-22(20-12-15-33-16-13-20)25(24)31(41)39(28)21-8-5-4-6-9-21/h4-19H,1-3H3,(H2,32,37)(H,34,40)/t19-/m0/s1. The summed E-state index contributed by atoms with van der Waals surface area (Å²) in [6.45, 7) is 5.83. The van der Waals surface area contributed by atoms with Gasteiger partial charge in [-0.2, -0.15) is 0 Å². The molecule has 0 fully saturated rings. The Bertz CT molecular complexity index is 1960. The number of fused-ring (bicyclic) bond motifs is 2. The van der Waals surface area contributed by atoms with E-state index in [1.54, 1.807) is 36.1 Å². The lowest BCUT2D eigenvalue weighted by atomic mass is 10.0. The molecule has 2 aromatic carbocycles. The molecule has 3 N–H and O–H groups in total. The minimum atomic E-state index is -0.674. The van der Waals surface area contributed by atoms with Gasteiger partial charge in [0.1, 0.15) is 11.4 Å². The Kier molecular flexibility index (Phi) is 6.50. The molecule has 41 heavy (non-hydrogen) atoms. The summed E-state index contributed by atoms with van der Waals surface area (Å²) in [5, 5.41) is 7.73. The van der Waals surface area contributed by atoms with Crippen LogP contribution < -0.4 is 16.6 Å². The number of nitrogens with zero attached hydrogens (tertiary/aromatic N) is 6. The number of rotatable bonds is 6. The lowest BCUT2D eigenvalue weighted by molar-refractivity contribution is 0.0940. The van der Waals surface area contributed by atoms with E-state index in [0.717, 1.165) is 16.8 Å². The molecule has 204 valence electrons. The van der Waals surface area contributed by atoms with E-state index in [-0.39, 0.29) is 22.9 Å². The van der Waals surface area contributed by atoms with Crippen molar-refractivity contribution in [3.05, 3.63) is 113 Å². The third-order valence-electron chi connectivity index (χ3n) is 7.02. The average Bonchev–Trinajstić information content (AvgIpc) is 3.32. The second-order valence-electron chi connectivity index (χ2n) is 10.1. The fourth-order valence-electron chi connectivity index (χ4n) is 4.97. The van der Waals surface area contributed by atoms with Gasteiger partial charge in [-0.05, 0) is 60.4 Å². The molecule has 0 bridgehead atoms. The molecule has 0 aliphatic rings. The van der Waals surface area contributed by atoms with Gasteiger partial charge < -0.3 is 11.1 Å². The summed E-state index contributed by atoms with van der Waals surface area (Å²) in [5.74, 6) is 0.139. The van der Waals surface area contributed by atoms with Gasteiger partial charge in [-0.3, -0.25) is 19.1 Å². The van der Waals surface area contributed by atoms with Crippen molar-refractivity contribution in [3.8, 4) is 16.8 Å². The third-order valence-corrected chi connectivity index (χ3v) is 7.02. The van der Waals surface area contributed by atoms with Crippen LogP contribution in [0.5, 0.6) is 0 Å². The van der Waals surface area contributed by atoms with E-state index in [1.165, 1.54) is 4.52 Å². The van der Waals surface area contributed by atoms with Crippen LogP contribution in [0, 0.1) is 0 Å². The number of nitrogens with one attached hydrogen (secondary N) is 1.